The minimum Gasteiger partial charge on any atom is -0.539 e. The van der Waals surface area contributed by atoms with E-state index in [9.17, 15) is 9.90 Å². The average Bonchev–Trinajstić information content (AvgIpc) is 2.05. The molecule has 0 aliphatic heterocycles. The van der Waals surface area contributed by atoms with Gasteiger partial charge < -0.3 is 9.90 Å². The molecule has 3 nitrogen and oxygen atoms in total. The number of carbonyl (C=O) groups excluding carboxylic acids is 1. The lowest BCUT2D eigenvalue weighted by Gasteiger charge is -2.00. The van der Waals surface area contributed by atoms with Gasteiger partial charge in [-0.3, -0.25) is 0 Å². The highest BCUT2D eigenvalue weighted by Gasteiger charge is 2.06. The molecule has 0 aliphatic rings. The van der Waals surface area contributed by atoms with Crippen LogP contribution in [0.3, 0.4) is 0 Å². The molecule has 0 fully saturated rings. The van der Waals surface area contributed by atoms with E-state index in [-0.39, 0.29) is 5.69 Å². The lowest BCUT2D eigenvalue weighted by molar-refractivity contribution is -0.676. The quantitative estimate of drug-likeness (QED) is 0.552. The van der Waals surface area contributed by atoms with Gasteiger partial charge in [0.2, 0.25) is 5.69 Å². The third-order valence-corrected chi connectivity index (χ3v) is 1.62. The van der Waals surface area contributed by atoms with Crippen LogP contribution in [0.1, 0.15) is 16.1 Å². The zero-order chi connectivity index (χ0) is 9.14. The van der Waals surface area contributed by atoms with Crippen LogP contribution >= 0.6 is 0 Å². The van der Waals surface area contributed by atoms with Crippen LogP contribution in [0.2, 0.25) is 0 Å². The number of carbonyl (C=O) groups is 1. The second-order valence-corrected chi connectivity index (χ2v) is 2.45. The average molecular weight is 163 g/mol. The Balaban J connectivity index is 3.25. The van der Waals surface area contributed by atoms with Gasteiger partial charge in [-0.15, -0.1) is 0 Å². The minimum atomic E-state index is -1.18. The third kappa shape index (κ3) is 1.50. The van der Waals surface area contributed by atoms with E-state index >= 15 is 0 Å². The van der Waals surface area contributed by atoms with Crippen molar-refractivity contribution >= 4 is 12.0 Å². The number of hydrogen-bond donors (Lipinski definition) is 0. The lowest BCUT2D eigenvalue weighted by Crippen LogP contribution is -2.41. The summed E-state index contributed by atoms with van der Waals surface area (Å²) < 4.78 is 1.49. The van der Waals surface area contributed by atoms with Crippen molar-refractivity contribution in [3.05, 3.63) is 36.2 Å². The first kappa shape index (κ1) is 8.46. The van der Waals surface area contributed by atoms with Crippen molar-refractivity contribution in [3.63, 3.8) is 0 Å². The van der Waals surface area contributed by atoms with Crippen molar-refractivity contribution in [1.29, 1.82) is 0 Å². The first-order valence-electron chi connectivity index (χ1n) is 3.48. The summed E-state index contributed by atoms with van der Waals surface area (Å²) in [5, 5.41) is 10.5. The second kappa shape index (κ2) is 3.17. The molecule has 3 heteroatoms. The molecule has 0 radical (unpaired) electrons. The van der Waals surface area contributed by atoms with Crippen LogP contribution in [0.4, 0.5) is 0 Å². The monoisotopic (exact) mass is 163 g/mol. The number of carboxylic acid groups (broad SMARTS) is 1. The maximum Gasteiger partial charge on any atom is 0.228 e. The van der Waals surface area contributed by atoms with E-state index in [2.05, 4.69) is 6.58 Å². The van der Waals surface area contributed by atoms with Crippen LogP contribution in [0.5, 0.6) is 0 Å². The molecule has 0 aliphatic carbocycles. The highest BCUT2D eigenvalue weighted by molar-refractivity contribution is 5.82. The fraction of sp³-hybridized carbons (Fsp3) is 0.111. The third-order valence-electron chi connectivity index (χ3n) is 1.62. The molecule has 0 atom stereocenters. The number of aromatic nitrogens is 1. The van der Waals surface area contributed by atoms with Gasteiger partial charge >= 0.3 is 0 Å². The van der Waals surface area contributed by atoms with Crippen LogP contribution in [0, 0.1) is 0 Å². The number of nitrogens with zero attached hydrogens (tertiary/aromatic N) is 1. The van der Waals surface area contributed by atoms with Crippen molar-refractivity contribution in [2.24, 2.45) is 7.05 Å². The number of rotatable bonds is 2. The SMILES string of the molecule is C=Cc1cc[n+](C)c(C(=O)[O-])c1. The molecule has 0 unspecified atom stereocenters. The van der Waals surface area contributed by atoms with Gasteiger partial charge in [0.15, 0.2) is 6.20 Å². The van der Waals surface area contributed by atoms with Crippen molar-refractivity contribution in [2.45, 2.75) is 0 Å². The number of carboxylic acids is 1. The van der Waals surface area contributed by atoms with Crippen molar-refractivity contribution < 1.29 is 14.5 Å². The molecule has 1 rings (SSSR count). The van der Waals surface area contributed by atoms with Gasteiger partial charge in [0, 0.05) is 12.1 Å². The number of aryl methyl sites for hydroxylation is 1. The van der Waals surface area contributed by atoms with Gasteiger partial charge in [-0.25, -0.2) is 0 Å². The van der Waals surface area contributed by atoms with Crippen LogP contribution < -0.4 is 9.67 Å². The fourth-order valence-corrected chi connectivity index (χ4v) is 0.916. The summed E-state index contributed by atoms with van der Waals surface area (Å²) in [5.74, 6) is -1.18. The minimum absolute atomic E-state index is 0.146. The zero-order valence-corrected chi connectivity index (χ0v) is 6.78. The summed E-state index contributed by atoms with van der Waals surface area (Å²) in [6, 6.07) is 3.29. The van der Waals surface area contributed by atoms with E-state index < -0.39 is 5.97 Å². The Kier molecular flexibility index (Phi) is 2.24. The Labute approximate surface area is 70.6 Å². The zero-order valence-electron chi connectivity index (χ0n) is 6.78. The van der Waals surface area contributed by atoms with Crippen molar-refractivity contribution in [1.82, 2.24) is 0 Å². The van der Waals surface area contributed by atoms with E-state index in [0.717, 1.165) is 5.56 Å². The Morgan fingerprint density at radius 1 is 1.75 bits per heavy atom. The van der Waals surface area contributed by atoms with E-state index in [1.807, 2.05) is 0 Å². The van der Waals surface area contributed by atoms with E-state index in [1.54, 1.807) is 25.4 Å². The molecular formula is C9H9NO2. The summed E-state index contributed by atoms with van der Waals surface area (Å²) >= 11 is 0. The molecule has 0 saturated heterocycles. The summed E-state index contributed by atoms with van der Waals surface area (Å²) in [4.78, 5) is 10.5. The van der Waals surface area contributed by atoms with Gasteiger partial charge in [-0.05, 0) is 5.56 Å². The molecule has 0 spiro atoms. The molecule has 12 heavy (non-hydrogen) atoms. The van der Waals surface area contributed by atoms with E-state index in [1.165, 1.54) is 10.6 Å². The Hall–Kier alpha value is -1.64. The van der Waals surface area contributed by atoms with Crippen molar-refractivity contribution in [2.75, 3.05) is 0 Å². The first-order valence-corrected chi connectivity index (χ1v) is 3.48. The van der Waals surface area contributed by atoms with Crippen LogP contribution in [-0.4, -0.2) is 5.97 Å². The topological polar surface area (TPSA) is 44.0 Å². The summed E-state index contributed by atoms with van der Waals surface area (Å²) in [5.41, 5.74) is 0.916. The molecule has 0 amide bonds. The standard InChI is InChI=1S/C9H9NO2/c1-3-7-4-5-10(2)8(6-7)9(11)12/h3-6H,1H2,2H3. The Morgan fingerprint density at radius 2 is 2.42 bits per heavy atom. The molecule has 1 aromatic rings. The normalized spacial score (nSPS) is 9.42. The Morgan fingerprint density at radius 3 is 2.92 bits per heavy atom. The molecule has 1 heterocycles. The highest BCUT2D eigenvalue weighted by atomic mass is 16.4. The molecule has 1 aromatic heterocycles. The van der Waals surface area contributed by atoms with E-state index in [4.69, 9.17) is 0 Å². The maximum atomic E-state index is 10.5. The smallest absolute Gasteiger partial charge is 0.228 e. The van der Waals surface area contributed by atoms with Gasteiger partial charge in [0.05, 0.1) is 0 Å². The maximum absolute atomic E-state index is 10.5. The van der Waals surface area contributed by atoms with Gasteiger partial charge in [-0.1, -0.05) is 12.7 Å². The van der Waals surface area contributed by atoms with Crippen LogP contribution in [-0.2, 0) is 7.05 Å². The lowest BCUT2D eigenvalue weighted by atomic mass is 10.2. The van der Waals surface area contributed by atoms with Crippen molar-refractivity contribution in [3.8, 4) is 0 Å². The number of pyridine rings is 1. The molecule has 0 N–H and O–H groups in total. The summed E-state index contributed by atoms with van der Waals surface area (Å²) in [7, 11) is 1.65. The molecule has 0 saturated carbocycles. The largest absolute Gasteiger partial charge is 0.539 e. The first-order chi connectivity index (χ1) is 5.65. The fourth-order valence-electron chi connectivity index (χ4n) is 0.916. The van der Waals surface area contributed by atoms with Gasteiger partial charge in [0.25, 0.3) is 0 Å². The van der Waals surface area contributed by atoms with Crippen LogP contribution in [0.25, 0.3) is 6.08 Å². The number of aromatic carboxylic acids is 1. The second-order valence-electron chi connectivity index (χ2n) is 2.45. The van der Waals surface area contributed by atoms with Gasteiger partial charge in [0.1, 0.15) is 13.0 Å². The molecule has 0 aromatic carbocycles. The van der Waals surface area contributed by atoms with E-state index in [0.29, 0.717) is 0 Å². The van der Waals surface area contributed by atoms with Crippen LogP contribution in [0.15, 0.2) is 24.9 Å². The predicted molar refractivity (Wildman–Crippen MR) is 42.0 cm³/mol. The molecule has 0 bridgehead atoms. The summed E-state index contributed by atoms with van der Waals surface area (Å²) in [6.07, 6.45) is 3.24. The van der Waals surface area contributed by atoms with Gasteiger partial charge in [-0.2, -0.15) is 4.57 Å². The molecule has 62 valence electrons. The predicted octanol–water partition coefficient (Wildman–Crippen LogP) is -0.482. The molecular weight excluding hydrogens is 154 g/mol. The highest BCUT2D eigenvalue weighted by Crippen LogP contribution is 1.99. The summed E-state index contributed by atoms with van der Waals surface area (Å²) in [6.45, 7) is 3.54. The Bertz CT molecular complexity index is 331. The number of hydrogen-bond acceptors (Lipinski definition) is 2.